The fourth-order valence-electron chi connectivity index (χ4n) is 2.99. The SMILES string of the molecule is CC(C)n1ccnc1C1CCN(c2ccccn2)CC1. The van der Waals surface area contributed by atoms with Gasteiger partial charge in [-0.1, -0.05) is 6.07 Å². The molecule has 0 spiro atoms. The van der Waals surface area contributed by atoms with Gasteiger partial charge >= 0.3 is 0 Å². The largest absolute Gasteiger partial charge is 0.357 e. The smallest absolute Gasteiger partial charge is 0.128 e. The lowest BCUT2D eigenvalue weighted by Gasteiger charge is -2.33. The summed E-state index contributed by atoms with van der Waals surface area (Å²) in [5.41, 5.74) is 0. The lowest BCUT2D eigenvalue weighted by molar-refractivity contribution is 0.448. The van der Waals surface area contributed by atoms with Gasteiger partial charge in [-0.15, -0.1) is 0 Å². The van der Waals surface area contributed by atoms with E-state index in [0.29, 0.717) is 12.0 Å². The van der Waals surface area contributed by atoms with Crippen LogP contribution < -0.4 is 4.90 Å². The van der Waals surface area contributed by atoms with Gasteiger partial charge in [0.2, 0.25) is 0 Å². The lowest BCUT2D eigenvalue weighted by Crippen LogP contribution is -2.34. The Morgan fingerprint density at radius 1 is 1.10 bits per heavy atom. The minimum atomic E-state index is 0.487. The summed E-state index contributed by atoms with van der Waals surface area (Å²) >= 11 is 0. The maximum atomic E-state index is 4.59. The van der Waals surface area contributed by atoms with Crippen LogP contribution in [0.1, 0.15) is 44.5 Å². The average molecular weight is 270 g/mol. The minimum absolute atomic E-state index is 0.487. The molecule has 1 fully saturated rings. The number of piperidine rings is 1. The van der Waals surface area contributed by atoms with Crippen LogP contribution in [0.3, 0.4) is 0 Å². The van der Waals surface area contributed by atoms with Gasteiger partial charge in [-0.25, -0.2) is 9.97 Å². The van der Waals surface area contributed by atoms with Crippen LogP contribution in [0.2, 0.25) is 0 Å². The van der Waals surface area contributed by atoms with Gasteiger partial charge in [-0.2, -0.15) is 0 Å². The summed E-state index contributed by atoms with van der Waals surface area (Å²) in [4.78, 5) is 11.4. The molecule has 0 bridgehead atoms. The zero-order chi connectivity index (χ0) is 13.9. The molecular weight excluding hydrogens is 248 g/mol. The van der Waals surface area contributed by atoms with E-state index in [-0.39, 0.29) is 0 Å². The Morgan fingerprint density at radius 2 is 1.90 bits per heavy atom. The molecule has 0 aliphatic carbocycles. The van der Waals surface area contributed by atoms with Crippen LogP contribution >= 0.6 is 0 Å². The number of pyridine rings is 1. The van der Waals surface area contributed by atoms with E-state index < -0.39 is 0 Å². The first kappa shape index (κ1) is 13.2. The van der Waals surface area contributed by atoms with Crippen LogP contribution in [0.5, 0.6) is 0 Å². The van der Waals surface area contributed by atoms with Gasteiger partial charge in [-0.3, -0.25) is 0 Å². The second kappa shape index (κ2) is 5.65. The molecule has 2 aromatic rings. The highest BCUT2D eigenvalue weighted by molar-refractivity contribution is 5.38. The molecule has 1 aliphatic heterocycles. The van der Waals surface area contributed by atoms with E-state index in [0.717, 1.165) is 31.7 Å². The first-order valence-electron chi connectivity index (χ1n) is 7.44. The molecule has 0 atom stereocenters. The Morgan fingerprint density at radius 3 is 2.55 bits per heavy atom. The van der Waals surface area contributed by atoms with Crippen molar-refractivity contribution in [2.45, 2.75) is 38.6 Å². The molecule has 4 heteroatoms. The van der Waals surface area contributed by atoms with E-state index in [2.05, 4.69) is 51.6 Å². The van der Waals surface area contributed by atoms with E-state index in [1.807, 2.05) is 18.5 Å². The average Bonchev–Trinajstić information content (AvgIpc) is 2.98. The molecular formula is C16H22N4. The number of aromatic nitrogens is 3. The van der Waals surface area contributed by atoms with Crippen molar-refractivity contribution < 1.29 is 0 Å². The molecule has 0 amide bonds. The predicted molar refractivity (Wildman–Crippen MR) is 81.0 cm³/mol. The Hall–Kier alpha value is -1.84. The summed E-state index contributed by atoms with van der Waals surface area (Å²) in [5, 5.41) is 0. The molecule has 1 aliphatic rings. The highest BCUT2D eigenvalue weighted by atomic mass is 15.2. The number of rotatable bonds is 3. The van der Waals surface area contributed by atoms with Crippen molar-refractivity contribution in [2.24, 2.45) is 0 Å². The third kappa shape index (κ3) is 2.55. The van der Waals surface area contributed by atoms with Gasteiger partial charge in [0.25, 0.3) is 0 Å². The quantitative estimate of drug-likeness (QED) is 0.858. The Labute approximate surface area is 120 Å². The van der Waals surface area contributed by atoms with Gasteiger partial charge in [0.05, 0.1) is 0 Å². The summed E-state index contributed by atoms with van der Waals surface area (Å²) in [6, 6.07) is 6.60. The summed E-state index contributed by atoms with van der Waals surface area (Å²) in [6.07, 6.45) is 8.21. The molecule has 3 heterocycles. The Bertz CT molecular complexity index is 539. The van der Waals surface area contributed by atoms with Gasteiger partial charge in [0.15, 0.2) is 0 Å². The molecule has 3 rings (SSSR count). The second-order valence-corrected chi connectivity index (χ2v) is 5.74. The fraction of sp³-hybridized carbons (Fsp3) is 0.500. The predicted octanol–water partition coefficient (Wildman–Crippen LogP) is 3.24. The van der Waals surface area contributed by atoms with Crippen molar-refractivity contribution in [1.82, 2.24) is 14.5 Å². The minimum Gasteiger partial charge on any atom is -0.357 e. The molecule has 0 saturated carbocycles. The molecule has 1 saturated heterocycles. The molecule has 0 radical (unpaired) electrons. The molecule has 2 aromatic heterocycles. The summed E-state index contributed by atoms with van der Waals surface area (Å²) in [6.45, 7) is 6.56. The summed E-state index contributed by atoms with van der Waals surface area (Å²) < 4.78 is 2.31. The number of hydrogen-bond donors (Lipinski definition) is 0. The number of hydrogen-bond acceptors (Lipinski definition) is 3. The lowest BCUT2D eigenvalue weighted by atomic mass is 9.95. The van der Waals surface area contributed by atoms with E-state index in [4.69, 9.17) is 0 Å². The van der Waals surface area contributed by atoms with Crippen LogP contribution in [-0.2, 0) is 0 Å². The van der Waals surface area contributed by atoms with Gasteiger partial charge in [0.1, 0.15) is 11.6 Å². The third-order valence-corrected chi connectivity index (χ3v) is 4.09. The van der Waals surface area contributed by atoms with Crippen molar-refractivity contribution in [2.75, 3.05) is 18.0 Å². The fourth-order valence-corrected chi connectivity index (χ4v) is 2.99. The first-order valence-corrected chi connectivity index (χ1v) is 7.44. The summed E-state index contributed by atoms with van der Waals surface area (Å²) in [7, 11) is 0. The summed E-state index contributed by atoms with van der Waals surface area (Å²) in [5.74, 6) is 2.92. The van der Waals surface area contributed by atoms with Crippen molar-refractivity contribution in [3.63, 3.8) is 0 Å². The van der Waals surface area contributed by atoms with Crippen molar-refractivity contribution >= 4 is 5.82 Å². The monoisotopic (exact) mass is 270 g/mol. The zero-order valence-corrected chi connectivity index (χ0v) is 12.2. The highest BCUT2D eigenvalue weighted by Gasteiger charge is 2.24. The number of anilines is 1. The normalized spacial score (nSPS) is 16.9. The molecule has 106 valence electrons. The zero-order valence-electron chi connectivity index (χ0n) is 12.2. The van der Waals surface area contributed by atoms with Crippen LogP contribution in [0.15, 0.2) is 36.8 Å². The highest BCUT2D eigenvalue weighted by Crippen LogP contribution is 2.29. The van der Waals surface area contributed by atoms with Crippen molar-refractivity contribution in [1.29, 1.82) is 0 Å². The maximum Gasteiger partial charge on any atom is 0.128 e. The molecule has 4 nitrogen and oxygen atoms in total. The molecule has 0 aromatic carbocycles. The second-order valence-electron chi connectivity index (χ2n) is 5.74. The van der Waals surface area contributed by atoms with Crippen molar-refractivity contribution in [3.8, 4) is 0 Å². The van der Waals surface area contributed by atoms with E-state index in [1.54, 1.807) is 0 Å². The molecule has 0 unspecified atom stereocenters. The van der Waals surface area contributed by atoms with Gasteiger partial charge < -0.3 is 9.47 Å². The Balaban J connectivity index is 1.68. The van der Waals surface area contributed by atoms with Crippen LogP contribution in [0, 0.1) is 0 Å². The Kier molecular flexibility index (Phi) is 3.72. The van der Waals surface area contributed by atoms with Gasteiger partial charge in [-0.05, 0) is 38.8 Å². The molecule has 20 heavy (non-hydrogen) atoms. The van der Waals surface area contributed by atoms with Gasteiger partial charge in [0, 0.05) is 43.6 Å². The third-order valence-electron chi connectivity index (χ3n) is 4.09. The van der Waals surface area contributed by atoms with Crippen LogP contribution in [-0.4, -0.2) is 27.6 Å². The molecule has 0 N–H and O–H groups in total. The van der Waals surface area contributed by atoms with Crippen LogP contribution in [0.25, 0.3) is 0 Å². The first-order chi connectivity index (χ1) is 9.75. The van der Waals surface area contributed by atoms with E-state index in [1.165, 1.54) is 5.82 Å². The number of nitrogens with zero attached hydrogens (tertiary/aromatic N) is 4. The topological polar surface area (TPSA) is 34.0 Å². The maximum absolute atomic E-state index is 4.59. The van der Waals surface area contributed by atoms with Crippen molar-refractivity contribution in [3.05, 3.63) is 42.6 Å². The van der Waals surface area contributed by atoms with E-state index >= 15 is 0 Å². The number of imidazole rings is 1. The van der Waals surface area contributed by atoms with E-state index in [9.17, 15) is 0 Å². The van der Waals surface area contributed by atoms with Crippen LogP contribution in [0.4, 0.5) is 5.82 Å². The standard InChI is InChI=1S/C16H22N4/c1-13(2)20-12-9-18-16(20)14-6-10-19(11-7-14)15-5-3-4-8-17-15/h3-5,8-9,12-14H,6-7,10-11H2,1-2H3.